The highest BCUT2D eigenvalue weighted by Crippen LogP contribution is 2.26. The molecule has 0 aliphatic carbocycles. The molecule has 0 fully saturated rings. The van der Waals surface area contributed by atoms with Crippen molar-refractivity contribution in [2.24, 2.45) is 0 Å². The van der Waals surface area contributed by atoms with Crippen molar-refractivity contribution >= 4 is 40.5 Å². The van der Waals surface area contributed by atoms with Crippen LogP contribution in [0.3, 0.4) is 0 Å². The first-order valence-corrected chi connectivity index (χ1v) is 8.76. The predicted molar refractivity (Wildman–Crippen MR) is 106 cm³/mol. The van der Waals surface area contributed by atoms with Crippen LogP contribution in [0.4, 0.5) is 0 Å². The number of carboxylic acids is 1. The van der Waals surface area contributed by atoms with Gasteiger partial charge in [0.2, 0.25) is 0 Å². The number of carbonyl (C=O) groups excluding carboxylic acids is 1. The molecule has 2 aromatic carbocycles. The topological polar surface area (TPSA) is 95.9 Å². The van der Waals surface area contributed by atoms with Crippen molar-refractivity contribution in [1.82, 2.24) is 5.32 Å². The summed E-state index contributed by atoms with van der Waals surface area (Å²) in [5, 5.41) is 21.1. The molecule has 0 bridgehead atoms. The molecule has 0 atom stereocenters. The molecule has 0 aliphatic heterocycles. The third-order valence-electron chi connectivity index (χ3n) is 3.29. The van der Waals surface area contributed by atoms with Crippen LogP contribution in [-0.2, 0) is 9.59 Å². The van der Waals surface area contributed by atoms with E-state index in [9.17, 15) is 19.8 Å². The molecule has 0 saturated carbocycles. The molecule has 0 heterocycles. The zero-order valence-electron chi connectivity index (χ0n) is 14.2. The molecule has 6 nitrogen and oxygen atoms in total. The summed E-state index contributed by atoms with van der Waals surface area (Å²) >= 11 is 2.17. The molecule has 0 saturated heterocycles. The number of nitrogens with one attached hydrogen (secondary N) is 1. The number of aliphatic hydroxyl groups is 1. The molecule has 3 N–H and O–H groups in total. The third kappa shape index (κ3) is 5.57. The molecule has 26 heavy (non-hydrogen) atoms. The van der Waals surface area contributed by atoms with Crippen LogP contribution in [0.2, 0.25) is 0 Å². The Labute approximate surface area is 164 Å². The van der Waals surface area contributed by atoms with Gasteiger partial charge in [0, 0.05) is 0 Å². The van der Waals surface area contributed by atoms with Crippen LogP contribution in [-0.4, -0.2) is 27.7 Å². The lowest BCUT2D eigenvalue weighted by Gasteiger charge is -2.16. The van der Waals surface area contributed by atoms with E-state index in [1.807, 2.05) is 24.3 Å². The maximum Gasteiger partial charge on any atom is 0.352 e. The van der Waals surface area contributed by atoms with Gasteiger partial charge in [0.05, 0.1) is 3.57 Å². The SMILES string of the molecule is CC(C)(O)C(=O)N/C(=C\c1ccc(Oc2ccccc2I)cc1)C(=O)O. The van der Waals surface area contributed by atoms with Gasteiger partial charge >= 0.3 is 5.97 Å². The Kier molecular flexibility index (Phi) is 6.38. The maximum atomic E-state index is 11.8. The molecule has 7 heteroatoms. The average molecular weight is 467 g/mol. The number of ether oxygens (including phenoxy) is 1. The second-order valence-electron chi connectivity index (χ2n) is 5.98. The molecule has 0 aromatic heterocycles. The van der Waals surface area contributed by atoms with Crippen molar-refractivity contribution in [3.05, 3.63) is 63.4 Å². The molecule has 0 unspecified atom stereocenters. The van der Waals surface area contributed by atoms with E-state index in [0.29, 0.717) is 11.3 Å². The summed E-state index contributed by atoms with van der Waals surface area (Å²) in [5.41, 5.74) is -1.45. The first-order valence-electron chi connectivity index (χ1n) is 7.68. The van der Waals surface area contributed by atoms with Crippen LogP contribution in [0.5, 0.6) is 11.5 Å². The molecular weight excluding hydrogens is 449 g/mol. The van der Waals surface area contributed by atoms with E-state index in [4.69, 9.17) is 4.74 Å². The van der Waals surface area contributed by atoms with E-state index in [0.717, 1.165) is 9.32 Å². The highest BCUT2D eigenvalue weighted by Gasteiger charge is 2.25. The lowest BCUT2D eigenvalue weighted by Crippen LogP contribution is -2.42. The lowest BCUT2D eigenvalue weighted by molar-refractivity contribution is -0.139. The first-order chi connectivity index (χ1) is 12.2. The van der Waals surface area contributed by atoms with Crippen molar-refractivity contribution in [1.29, 1.82) is 0 Å². The van der Waals surface area contributed by atoms with Crippen LogP contribution in [0.15, 0.2) is 54.2 Å². The van der Waals surface area contributed by atoms with Crippen molar-refractivity contribution in [2.45, 2.75) is 19.4 Å². The summed E-state index contributed by atoms with van der Waals surface area (Å²) in [6, 6.07) is 14.3. The minimum atomic E-state index is -1.68. The summed E-state index contributed by atoms with van der Waals surface area (Å²) in [6.07, 6.45) is 1.31. The fourth-order valence-electron chi connectivity index (χ4n) is 1.88. The number of rotatable bonds is 6. The van der Waals surface area contributed by atoms with E-state index in [1.54, 1.807) is 24.3 Å². The average Bonchev–Trinajstić information content (AvgIpc) is 2.57. The van der Waals surface area contributed by atoms with Crippen LogP contribution in [0, 0.1) is 3.57 Å². The van der Waals surface area contributed by atoms with E-state index in [2.05, 4.69) is 27.9 Å². The molecule has 0 radical (unpaired) electrons. The predicted octanol–water partition coefficient (Wildman–Crippen LogP) is 3.40. The number of hydrogen-bond acceptors (Lipinski definition) is 4. The van der Waals surface area contributed by atoms with Crippen molar-refractivity contribution < 1.29 is 24.5 Å². The highest BCUT2D eigenvalue weighted by molar-refractivity contribution is 14.1. The normalized spacial score (nSPS) is 11.8. The van der Waals surface area contributed by atoms with Gasteiger partial charge in [-0.05, 0) is 72.3 Å². The highest BCUT2D eigenvalue weighted by atomic mass is 127. The molecule has 0 aliphatic rings. The fraction of sp³-hybridized carbons (Fsp3) is 0.158. The van der Waals surface area contributed by atoms with Crippen LogP contribution in [0.25, 0.3) is 6.08 Å². The number of carboxylic acid groups (broad SMARTS) is 1. The van der Waals surface area contributed by atoms with Crippen LogP contribution in [0.1, 0.15) is 19.4 Å². The molecule has 0 spiro atoms. The van der Waals surface area contributed by atoms with E-state index >= 15 is 0 Å². The van der Waals surface area contributed by atoms with Gasteiger partial charge in [-0.3, -0.25) is 4.79 Å². The van der Waals surface area contributed by atoms with Gasteiger partial charge in [-0.15, -0.1) is 0 Å². The zero-order valence-corrected chi connectivity index (χ0v) is 16.4. The second kappa shape index (κ2) is 8.33. The van der Waals surface area contributed by atoms with Crippen LogP contribution < -0.4 is 10.1 Å². The van der Waals surface area contributed by atoms with Gasteiger partial charge in [0.15, 0.2) is 0 Å². The summed E-state index contributed by atoms with van der Waals surface area (Å²) in [5.74, 6) is -0.782. The summed E-state index contributed by atoms with van der Waals surface area (Å²) in [7, 11) is 0. The Balaban J connectivity index is 2.17. The van der Waals surface area contributed by atoms with Gasteiger partial charge < -0.3 is 20.3 Å². The van der Waals surface area contributed by atoms with Gasteiger partial charge in [-0.2, -0.15) is 0 Å². The summed E-state index contributed by atoms with van der Waals surface area (Å²) < 4.78 is 6.75. The number of halogens is 1. The van der Waals surface area contributed by atoms with Gasteiger partial charge in [0.25, 0.3) is 5.91 Å². The molecule has 2 rings (SSSR count). The zero-order chi connectivity index (χ0) is 19.3. The standard InChI is InChI=1S/C19H18INO5/c1-19(2,25)18(24)21-15(17(22)23)11-12-7-9-13(10-8-12)26-16-6-4-3-5-14(16)20/h3-11,25H,1-2H3,(H,21,24)(H,22,23)/b15-11-. The van der Waals surface area contributed by atoms with Crippen LogP contribution >= 0.6 is 22.6 Å². The minimum Gasteiger partial charge on any atom is -0.477 e. The number of para-hydroxylation sites is 1. The van der Waals surface area contributed by atoms with E-state index < -0.39 is 17.5 Å². The second-order valence-corrected chi connectivity index (χ2v) is 7.14. The quantitative estimate of drug-likeness (QED) is 0.447. The monoisotopic (exact) mass is 467 g/mol. The number of benzene rings is 2. The largest absolute Gasteiger partial charge is 0.477 e. The molecular formula is C19H18INO5. The van der Waals surface area contributed by atoms with Gasteiger partial charge in [0.1, 0.15) is 22.8 Å². The summed E-state index contributed by atoms with van der Waals surface area (Å²) in [6.45, 7) is 2.55. The molecule has 1 amide bonds. The number of carbonyl (C=O) groups is 2. The molecule has 136 valence electrons. The van der Waals surface area contributed by atoms with E-state index in [-0.39, 0.29) is 5.70 Å². The Morgan fingerprint density at radius 2 is 1.73 bits per heavy atom. The van der Waals surface area contributed by atoms with Crippen molar-refractivity contribution in [3.63, 3.8) is 0 Å². The Morgan fingerprint density at radius 1 is 1.12 bits per heavy atom. The Bertz CT molecular complexity index is 838. The number of aliphatic carboxylic acids is 1. The van der Waals surface area contributed by atoms with Gasteiger partial charge in [-0.25, -0.2) is 4.79 Å². The minimum absolute atomic E-state index is 0.330. The van der Waals surface area contributed by atoms with E-state index in [1.165, 1.54) is 19.9 Å². The lowest BCUT2D eigenvalue weighted by atomic mass is 10.1. The Morgan fingerprint density at radius 3 is 2.27 bits per heavy atom. The van der Waals surface area contributed by atoms with Crippen molar-refractivity contribution in [3.8, 4) is 11.5 Å². The molecule has 2 aromatic rings. The number of amides is 1. The number of hydrogen-bond donors (Lipinski definition) is 3. The first kappa shape index (κ1) is 19.9. The van der Waals surface area contributed by atoms with Gasteiger partial charge in [-0.1, -0.05) is 24.3 Å². The smallest absolute Gasteiger partial charge is 0.352 e. The Hall–Kier alpha value is -2.39. The fourth-order valence-corrected chi connectivity index (χ4v) is 2.38. The maximum absolute atomic E-state index is 11.8. The van der Waals surface area contributed by atoms with Crippen molar-refractivity contribution in [2.75, 3.05) is 0 Å². The summed E-state index contributed by atoms with van der Waals surface area (Å²) in [4.78, 5) is 23.1. The third-order valence-corrected chi connectivity index (χ3v) is 4.18.